The van der Waals surface area contributed by atoms with Gasteiger partial charge in [-0.25, -0.2) is 0 Å². The summed E-state index contributed by atoms with van der Waals surface area (Å²) in [6, 6.07) is 23.3. The average Bonchev–Trinajstić information content (AvgIpc) is 2.85. The second-order valence-electron chi connectivity index (χ2n) is 7.32. The Morgan fingerprint density at radius 3 is 2.15 bits per heavy atom. The smallest absolute Gasteiger partial charge is 0.253 e. The minimum Gasteiger partial charge on any atom is -0.497 e. The van der Waals surface area contributed by atoms with Crippen molar-refractivity contribution >= 4 is 23.4 Å². The van der Waals surface area contributed by atoms with Crippen LogP contribution in [-0.4, -0.2) is 37.9 Å². The summed E-state index contributed by atoms with van der Waals surface area (Å²) in [5.74, 6) is -0.00855. The van der Waals surface area contributed by atoms with Crippen LogP contribution in [0.4, 0.5) is 5.69 Å². The highest BCUT2D eigenvalue weighted by atomic mass is 16.5. The topological polar surface area (TPSA) is 96.5 Å². The third kappa shape index (κ3) is 7.21. The first-order valence-corrected chi connectivity index (χ1v) is 10.7. The van der Waals surface area contributed by atoms with Crippen molar-refractivity contribution in [3.05, 3.63) is 95.6 Å². The maximum atomic E-state index is 12.7. The van der Waals surface area contributed by atoms with Gasteiger partial charge in [-0.2, -0.15) is 0 Å². The summed E-state index contributed by atoms with van der Waals surface area (Å²) < 4.78 is 5.15. The maximum absolute atomic E-state index is 12.7. The Labute approximate surface area is 193 Å². The van der Waals surface area contributed by atoms with E-state index in [4.69, 9.17) is 4.74 Å². The van der Waals surface area contributed by atoms with Crippen LogP contribution in [0.3, 0.4) is 0 Å². The van der Waals surface area contributed by atoms with E-state index in [1.807, 2.05) is 30.3 Å². The minimum absolute atomic E-state index is 0.0893. The number of hydrogen-bond donors (Lipinski definition) is 3. The van der Waals surface area contributed by atoms with Gasteiger partial charge in [0.05, 0.1) is 18.4 Å². The fourth-order valence-electron chi connectivity index (χ4n) is 3.19. The van der Waals surface area contributed by atoms with Crippen LogP contribution in [0.15, 0.2) is 78.9 Å². The van der Waals surface area contributed by atoms with Crippen molar-refractivity contribution in [2.45, 2.75) is 12.8 Å². The predicted octanol–water partition coefficient (Wildman–Crippen LogP) is 3.43. The number of rotatable bonds is 10. The van der Waals surface area contributed by atoms with Gasteiger partial charge in [-0.3, -0.25) is 14.4 Å². The molecule has 3 aromatic carbocycles. The van der Waals surface area contributed by atoms with E-state index >= 15 is 0 Å². The van der Waals surface area contributed by atoms with Gasteiger partial charge in [-0.15, -0.1) is 0 Å². The van der Waals surface area contributed by atoms with Crippen molar-refractivity contribution in [3.63, 3.8) is 0 Å². The molecule has 0 aliphatic heterocycles. The minimum atomic E-state index is -0.290. The molecule has 0 saturated carbocycles. The van der Waals surface area contributed by atoms with E-state index in [0.717, 1.165) is 11.3 Å². The highest BCUT2D eigenvalue weighted by Gasteiger charge is 2.13. The summed E-state index contributed by atoms with van der Waals surface area (Å²) in [6.45, 7) is 0.648. The number of amides is 3. The molecule has 0 aliphatic carbocycles. The number of ether oxygens (including phenoxy) is 1. The van der Waals surface area contributed by atoms with E-state index in [1.165, 1.54) is 0 Å². The number of hydrogen-bond acceptors (Lipinski definition) is 4. The van der Waals surface area contributed by atoms with Crippen molar-refractivity contribution in [2.24, 2.45) is 0 Å². The molecule has 3 N–H and O–H groups in total. The summed E-state index contributed by atoms with van der Waals surface area (Å²) in [5.41, 5.74) is 2.43. The number of carbonyl (C=O) groups is 3. The van der Waals surface area contributed by atoms with Crippen LogP contribution in [0.2, 0.25) is 0 Å². The lowest BCUT2D eigenvalue weighted by Crippen LogP contribution is -2.29. The van der Waals surface area contributed by atoms with Crippen LogP contribution in [0.5, 0.6) is 5.75 Å². The molecule has 7 heteroatoms. The fraction of sp³-hybridized carbons (Fsp3) is 0.192. The van der Waals surface area contributed by atoms with Gasteiger partial charge in [-0.05, 0) is 48.4 Å². The molecule has 3 aromatic rings. The molecule has 0 aliphatic rings. The molecule has 7 nitrogen and oxygen atoms in total. The number of para-hydroxylation sites is 1. The van der Waals surface area contributed by atoms with Gasteiger partial charge in [0.15, 0.2) is 0 Å². The maximum Gasteiger partial charge on any atom is 0.253 e. The zero-order chi connectivity index (χ0) is 23.5. The monoisotopic (exact) mass is 445 g/mol. The molecule has 0 fully saturated rings. The Hall–Kier alpha value is -4.13. The van der Waals surface area contributed by atoms with Crippen LogP contribution < -0.4 is 20.7 Å². The van der Waals surface area contributed by atoms with Gasteiger partial charge < -0.3 is 20.7 Å². The van der Waals surface area contributed by atoms with Crippen LogP contribution in [0.25, 0.3) is 0 Å². The molecule has 0 atom stereocenters. The second-order valence-corrected chi connectivity index (χ2v) is 7.32. The van der Waals surface area contributed by atoms with E-state index in [0.29, 0.717) is 29.8 Å². The second kappa shape index (κ2) is 12.0. The standard InChI is InChI=1S/C26H27N3O4/c1-33-21-13-11-19(12-14-21)15-17-28-26(32)22-9-5-6-10-23(22)29-24(30)16-18-27-25(31)20-7-3-2-4-8-20/h2-14H,15-18H2,1H3,(H,27,31)(H,28,32)(H,29,30). The van der Waals surface area contributed by atoms with Crippen molar-refractivity contribution in [2.75, 3.05) is 25.5 Å². The van der Waals surface area contributed by atoms with Gasteiger partial charge >= 0.3 is 0 Å². The first-order valence-electron chi connectivity index (χ1n) is 10.7. The molecular weight excluding hydrogens is 418 g/mol. The van der Waals surface area contributed by atoms with Gasteiger partial charge in [-0.1, -0.05) is 42.5 Å². The Morgan fingerprint density at radius 2 is 1.42 bits per heavy atom. The van der Waals surface area contributed by atoms with E-state index in [-0.39, 0.29) is 30.7 Å². The zero-order valence-corrected chi connectivity index (χ0v) is 18.5. The molecule has 0 unspecified atom stereocenters. The summed E-state index contributed by atoms with van der Waals surface area (Å²) in [6.07, 6.45) is 0.761. The van der Waals surface area contributed by atoms with Crippen LogP contribution >= 0.6 is 0 Å². The normalized spacial score (nSPS) is 10.2. The molecule has 3 rings (SSSR count). The van der Waals surface area contributed by atoms with E-state index in [9.17, 15) is 14.4 Å². The SMILES string of the molecule is COc1ccc(CCNC(=O)c2ccccc2NC(=O)CCNC(=O)c2ccccc2)cc1. The van der Waals surface area contributed by atoms with Crippen molar-refractivity contribution in [1.29, 1.82) is 0 Å². The lowest BCUT2D eigenvalue weighted by Gasteiger charge is -2.12. The number of anilines is 1. The van der Waals surface area contributed by atoms with Crippen LogP contribution in [0.1, 0.15) is 32.7 Å². The van der Waals surface area contributed by atoms with E-state index in [2.05, 4.69) is 16.0 Å². The molecule has 0 heterocycles. The van der Waals surface area contributed by atoms with Gasteiger partial charge in [0, 0.05) is 25.1 Å². The molecule has 0 saturated heterocycles. The first kappa shape index (κ1) is 23.5. The molecule has 0 bridgehead atoms. The van der Waals surface area contributed by atoms with E-state index < -0.39 is 0 Å². The van der Waals surface area contributed by atoms with Crippen LogP contribution in [0, 0.1) is 0 Å². The number of nitrogens with one attached hydrogen (secondary N) is 3. The number of methoxy groups -OCH3 is 1. The Kier molecular flexibility index (Phi) is 8.59. The molecule has 3 amide bonds. The molecule has 33 heavy (non-hydrogen) atoms. The zero-order valence-electron chi connectivity index (χ0n) is 18.5. The fourth-order valence-corrected chi connectivity index (χ4v) is 3.19. The highest BCUT2D eigenvalue weighted by Crippen LogP contribution is 2.16. The Morgan fingerprint density at radius 1 is 0.758 bits per heavy atom. The van der Waals surface area contributed by atoms with E-state index in [1.54, 1.807) is 55.6 Å². The quantitative estimate of drug-likeness (QED) is 0.446. The summed E-state index contributed by atoms with van der Waals surface area (Å²) >= 11 is 0. The largest absolute Gasteiger partial charge is 0.497 e. The van der Waals surface area contributed by atoms with Crippen molar-refractivity contribution < 1.29 is 19.1 Å². The Balaban J connectivity index is 1.47. The molecule has 0 aromatic heterocycles. The number of benzene rings is 3. The van der Waals surface area contributed by atoms with Gasteiger partial charge in [0.2, 0.25) is 5.91 Å². The predicted molar refractivity (Wildman–Crippen MR) is 127 cm³/mol. The van der Waals surface area contributed by atoms with Crippen LogP contribution in [-0.2, 0) is 11.2 Å². The summed E-state index contributed by atoms with van der Waals surface area (Å²) in [5, 5.41) is 8.36. The first-order chi connectivity index (χ1) is 16.1. The molecule has 170 valence electrons. The summed E-state index contributed by atoms with van der Waals surface area (Å²) in [7, 11) is 1.62. The molecule has 0 spiro atoms. The highest BCUT2D eigenvalue weighted by molar-refractivity contribution is 6.03. The van der Waals surface area contributed by atoms with Crippen molar-refractivity contribution in [1.82, 2.24) is 10.6 Å². The third-order valence-electron chi connectivity index (χ3n) is 4.98. The molecule has 0 radical (unpaired) electrons. The van der Waals surface area contributed by atoms with Gasteiger partial charge in [0.1, 0.15) is 5.75 Å². The third-order valence-corrected chi connectivity index (χ3v) is 4.98. The number of carbonyl (C=O) groups excluding carboxylic acids is 3. The molecular formula is C26H27N3O4. The lowest BCUT2D eigenvalue weighted by molar-refractivity contribution is -0.116. The summed E-state index contributed by atoms with van der Waals surface area (Å²) in [4.78, 5) is 37.1. The lowest BCUT2D eigenvalue weighted by atomic mass is 10.1. The van der Waals surface area contributed by atoms with Crippen molar-refractivity contribution in [3.8, 4) is 5.75 Å². The Bertz CT molecular complexity index is 1080. The average molecular weight is 446 g/mol. The van der Waals surface area contributed by atoms with Gasteiger partial charge in [0.25, 0.3) is 11.8 Å².